The van der Waals surface area contributed by atoms with E-state index in [9.17, 15) is 10.1 Å². The van der Waals surface area contributed by atoms with E-state index in [1.807, 2.05) is 31.7 Å². The summed E-state index contributed by atoms with van der Waals surface area (Å²) in [5.41, 5.74) is 1.13. The van der Waals surface area contributed by atoms with Crippen LogP contribution >= 0.6 is 11.6 Å². The molecule has 1 aliphatic heterocycles. The summed E-state index contributed by atoms with van der Waals surface area (Å²) in [6, 6.07) is 7.54. The lowest BCUT2D eigenvalue weighted by atomic mass is 9.94. The van der Waals surface area contributed by atoms with Crippen LogP contribution in [0.5, 0.6) is 0 Å². The first-order chi connectivity index (χ1) is 10.3. The average Bonchev–Trinajstić information content (AvgIpc) is 2.71. The van der Waals surface area contributed by atoms with Gasteiger partial charge >= 0.3 is 0 Å². The molecule has 0 saturated carbocycles. The van der Waals surface area contributed by atoms with Gasteiger partial charge in [-0.15, -0.1) is 0 Å². The maximum atomic E-state index is 12.4. The number of hydrogen-bond donors (Lipinski definition) is 0. The molecule has 1 fully saturated rings. The van der Waals surface area contributed by atoms with Crippen LogP contribution in [-0.2, 0) is 4.79 Å². The third kappa shape index (κ3) is 3.72. The van der Waals surface area contributed by atoms with Crippen LogP contribution in [0.25, 0.3) is 0 Å². The van der Waals surface area contributed by atoms with Gasteiger partial charge < -0.3 is 9.80 Å². The van der Waals surface area contributed by atoms with E-state index in [4.69, 9.17) is 11.6 Å². The molecule has 118 valence electrons. The Balaban J connectivity index is 2.16. The summed E-state index contributed by atoms with van der Waals surface area (Å²) in [5, 5.41) is 9.90. The minimum atomic E-state index is -0.358. The smallest absolute Gasteiger partial charge is 0.228 e. The average molecular weight is 320 g/mol. The number of rotatable bonds is 1. The van der Waals surface area contributed by atoms with Crippen molar-refractivity contribution in [2.24, 2.45) is 5.41 Å². The Morgan fingerprint density at radius 3 is 2.59 bits per heavy atom. The quantitative estimate of drug-likeness (QED) is 0.798. The molecule has 0 aromatic heterocycles. The van der Waals surface area contributed by atoms with E-state index in [-0.39, 0.29) is 11.3 Å². The van der Waals surface area contributed by atoms with Crippen molar-refractivity contribution in [3.63, 3.8) is 0 Å². The molecule has 1 amide bonds. The summed E-state index contributed by atoms with van der Waals surface area (Å²) in [6.07, 6.45) is 0.888. The van der Waals surface area contributed by atoms with Gasteiger partial charge in [-0.25, -0.2) is 0 Å². The molecule has 22 heavy (non-hydrogen) atoms. The summed E-state index contributed by atoms with van der Waals surface area (Å²) in [4.78, 5) is 16.5. The lowest BCUT2D eigenvalue weighted by Crippen LogP contribution is -2.41. The molecule has 1 heterocycles. The van der Waals surface area contributed by atoms with Gasteiger partial charge in [0.1, 0.15) is 6.07 Å². The molecule has 0 unspecified atom stereocenters. The molecular formula is C17H22ClN3O. The first-order valence-electron chi connectivity index (χ1n) is 7.57. The van der Waals surface area contributed by atoms with Crippen molar-refractivity contribution >= 4 is 23.2 Å². The molecule has 5 heteroatoms. The van der Waals surface area contributed by atoms with Crippen molar-refractivity contribution < 1.29 is 4.79 Å². The Labute approximate surface area is 137 Å². The highest BCUT2D eigenvalue weighted by Crippen LogP contribution is 2.26. The minimum Gasteiger partial charge on any atom is -0.369 e. The topological polar surface area (TPSA) is 47.3 Å². The second-order valence-corrected chi connectivity index (χ2v) is 7.09. The molecule has 0 N–H and O–H groups in total. The predicted octanol–water partition coefficient (Wildman–Crippen LogP) is 3.30. The molecule has 0 radical (unpaired) electrons. The van der Waals surface area contributed by atoms with Crippen LogP contribution in [0.15, 0.2) is 18.2 Å². The predicted molar refractivity (Wildman–Crippen MR) is 89.0 cm³/mol. The maximum Gasteiger partial charge on any atom is 0.228 e. The van der Waals surface area contributed by atoms with Gasteiger partial charge in [-0.2, -0.15) is 5.26 Å². The SMILES string of the molecule is CC(C)(C)C(=O)N1CCCN(c2cc(Cl)ccc2C#N)CC1. The van der Waals surface area contributed by atoms with Crippen LogP contribution in [0.2, 0.25) is 5.02 Å². The number of nitriles is 1. The van der Waals surface area contributed by atoms with Crippen molar-refractivity contribution in [2.75, 3.05) is 31.1 Å². The first kappa shape index (κ1) is 16.6. The molecule has 1 aromatic rings. The largest absolute Gasteiger partial charge is 0.369 e. The van der Waals surface area contributed by atoms with Crippen molar-refractivity contribution in [2.45, 2.75) is 27.2 Å². The second-order valence-electron chi connectivity index (χ2n) is 6.66. The fourth-order valence-electron chi connectivity index (χ4n) is 2.70. The summed E-state index contributed by atoms with van der Waals surface area (Å²) in [5.74, 6) is 0.181. The molecule has 1 aromatic carbocycles. The van der Waals surface area contributed by atoms with Gasteiger partial charge in [0, 0.05) is 36.6 Å². The number of hydrogen-bond acceptors (Lipinski definition) is 3. The highest BCUT2D eigenvalue weighted by atomic mass is 35.5. The van der Waals surface area contributed by atoms with E-state index in [2.05, 4.69) is 11.0 Å². The maximum absolute atomic E-state index is 12.4. The first-order valence-corrected chi connectivity index (χ1v) is 7.94. The molecule has 0 bridgehead atoms. The molecule has 0 aliphatic carbocycles. The van der Waals surface area contributed by atoms with Crippen LogP contribution in [-0.4, -0.2) is 37.0 Å². The number of carbonyl (C=O) groups is 1. The molecule has 1 saturated heterocycles. The van der Waals surface area contributed by atoms with Gasteiger partial charge in [-0.05, 0) is 24.6 Å². The van der Waals surface area contributed by atoms with Gasteiger partial charge in [0.15, 0.2) is 0 Å². The molecule has 1 aliphatic rings. The summed E-state index contributed by atoms with van der Waals surface area (Å²) >= 11 is 6.07. The fourth-order valence-corrected chi connectivity index (χ4v) is 2.86. The monoisotopic (exact) mass is 319 g/mol. The van der Waals surface area contributed by atoms with Gasteiger partial charge in [-0.1, -0.05) is 32.4 Å². The Bertz CT molecular complexity index is 601. The third-order valence-electron chi connectivity index (χ3n) is 3.85. The standard InChI is InChI=1S/C17H22ClN3O/c1-17(2,3)16(22)21-8-4-7-20(9-10-21)15-11-14(18)6-5-13(15)12-19/h5-6,11H,4,7-10H2,1-3H3. The van der Waals surface area contributed by atoms with Crippen molar-refractivity contribution in [1.29, 1.82) is 5.26 Å². The summed E-state index contributed by atoms with van der Waals surface area (Å²) < 4.78 is 0. The van der Waals surface area contributed by atoms with Crippen LogP contribution < -0.4 is 4.90 Å². The fraction of sp³-hybridized carbons (Fsp3) is 0.529. The van der Waals surface area contributed by atoms with E-state index in [1.165, 1.54) is 0 Å². The summed E-state index contributed by atoms with van der Waals surface area (Å²) in [6.45, 7) is 8.82. The van der Waals surface area contributed by atoms with E-state index in [0.717, 1.165) is 31.7 Å². The third-order valence-corrected chi connectivity index (χ3v) is 4.08. The number of carbonyl (C=O) groups excluding carboxylic acids is 1. The van der Waals surface area contributed by atoms with Gasteiger partial charge in [0.05, 0.1) is 11.3 Å². The zero-order valence-electron chi connectivity index (χ0n) is 13.4. The van der Waals surface area contributed by atoms with E-state index < -0.39 is 0 Å². The zero-order chi connectivity index (χ0) is 16.3. The van der Waals surface area contributed by atoms with E-state index >= 15 is 0 Å². The molecule has 0 spiro atoms. The van der Waals surface area contributed by atoms with Gasteiger partial charge in [-0.3, -0.25) is 4.79 Å². The zero-order valence-corrected chi connectivity index (χ0v) is 14.2. The van der Waals surface area contributed by atoms with Crippen molar-refractivity contribution in [1.82, 2.24) is 4.90 Å². The summed E-state index contributed by atoms with van der Waals surface area (Å²) in [7, 11) is 0. The Morgan fingerprint density at radius 2 is 1.95 bits per heavy atom. The number of anilines is 1. The molecular weight excluding hydrogens is 298 g/mol. The normalized spacial score (nSPS) is 16.1. The van der Waals surface area contributed by atoms with Crippen molar-refractivity contribution in [3.05, 3.63) is 28.8 Å². The minimum absolute atomic E-state index is 0.181. The lowest BCUT2D eigenvalue weighted by molar-refractivity contribution is -0.139. The van der Waals surface area contributed by atoms with Gasteiger partial charge in [0.25, 0.3) is 0 Å². The number of halogens is 1. The molecule has 0 atom stereocenters. The highest BCUT2D eigenvalue weighted by molar-refractivity contribution is 6.30. The van der Waals surface area contributed by atoms with E-state index in [1.54, 1.807) is 12.1 Å². The van der Waals surface area contributed by atoms with Crippen LogP contribution in [0.4, 0.5) is 5.69 Å². The van der Waals surface area contributed by atoms with Crippen LogP contribution in [0.1, 0.15) is 32.8 Å². The van der Waals surface area contributed by atoms with E-state index in [0.29, 0.717) is 17.1 Å². The Hall–Kier alpha value is -1.73. The Kier molecular flexibility index (Phi) is 4.97. The number of nitrogens with zero attached hydrogens (tertiary/aromatic N) is 3. The second kappa shape index (κ2) is 6.58. The van der Waals surface area contributed by atoms with Crippen LogP contribution in [0, 0.1) is 16.7 Å². The number of benzene rings is 1. The van der Waals surface area contributed by atoms with Crippen molar-refractivity contribution in [3.8, 4) is 6.07 Å². The Morgan fingerprint density at radius 1 is 1.23 bits per heavy atom. The number of amides is 1. The van der Waals surface area contributed by atoms with Crippen LogP contribution in [0.3, 0.4) is 0 Å². The highest BCUT2D eigenvalue weighted by Gasteiger charge is 2.28. The molecule has 4 nitrogen and oxygen atoms in total. The lowest BCUT2D eigenvalue weighted by Gasteiger charge is -2.29. The molecule has 2 rings (SSSR count). The van der Waals surface area contributed by atoms with Gasteiger partial charge in [0.2, 0.25) is 5.91 Å².